The first-order valence-electron chi connectivity index (χ1n) is 13.9. The van der Waals surface area contributed by atoms with E-state index in [1.807, 2.05) is 33.8 Å². The number of nitrogens with zero attached hydrogens (tertiary/aromatic N) is 5. The van der Waals surface area contributed by atoms with E-state index >= 15 is 4.39 Å². The van der Waals surface area contributed by atoms with Crippen LogP contribution in [0.2, 0.25) is 0 Å². The van der Waals surface area contributed by atoms with Crippen molar-refractivity contribution in [3.63, 3.8) is 0 Å². The molecule has 2 aliphatic rings. The number of piperidine rings is 1. The molecule has 1 saturated heterocycles. The second-order valence-corrected chi connectivity index (χ2v) is 11.2. The van der Waals surface area contributed by atoms with Crippen molar-refractivity contribution >= 4 is 5.69 Å². The number of anilines is 1. The summed E-state index contributed by atoms with van der Waals surface area (Å²) in [7, 11) is 2.13. The number of hydrogen-bond acceptors (Lipinski definition) is 7. The SMILES string of the molecule is CC(C)Oc1nc(Cc2ncc(F)c(-c3cc(F)c4c(c3)N(C(C)C)CC(F)O4)n2)ccc1C1CCN(C)CC1. The van der Waals surface area contributed by atoms with Gasteiger partial charge in [0.15, 0.2) is 17.4 Å². The van der Waals surface area contributed by atoms with Crippen LogP contribution in [0.25, 0.3) is 11.3 Å². The summed E-state index contributed by atoms with van der Waals surface area (Å²) in [5, 5.41) is 0. The minimum Gasteiger partial charge on any atom is -0.475 e. The molecule has 1 unspecified atom stereocenters. The molecule has 1 atom stereocenters. The molecule has 1 aromatic carbocycles. The summed E-state index contributed by atoms with van der Waals surface area (Å²) >= 11 is 0. The maximum atomic E-state index is 15.1. The minimum absolute atomic E-state index is 0.0394. The van der Waals surface area contributed by atoms with Gasteiger partial charge in [0.2, 0.25) is 5.88 Å². The number of ether oxygens (including phenoxy) is 2. The molecule has 0 bridgehead atoms. The molecular formula is C30H36F3N5O2. The molecule has 4 heterocycles. The molecule has 1 fully saturated rings. The smallest absolute Gasteiger partial charge is 0.256 e. The Morgan fingerprint density at radius 2 is 1.80 bits per heavy atom. The van der Waals surface area contributed by atoms with Crippen LogP contribution < -0.4 is 14.4 Å². The van der Waals surface area contributed by atoms with Crippen LogP contribution in [-0.2, 0) is 6.42 Å². The first-order valence-corrected chi connectivity index (χ1v) is 13.9. The predicted octanol–water partition coefficient (Wildman–Crippen LogP) is 5.91. The third kappa shape index (κ3) is 6.01. The Morgan fingerprint density at radius 3 is 2.50 bits per heavy atom. The predicted molar refractivity (Wildman–Crippen MR) is 148 cm³/mol. The fraction of sp³-hybridized carbons (Fsp3) is 0.500. The molecule has 40 heavy (non-hydrogen) atoms. The van der Waals surface area contributed by atoms with Gasteiger partial charge in [0.05, 0.1) is 36.6 Å². The largest absolute Gasteiger partial charge is 0.475 e. The Hall–Kier alpha value is -3.40. The fourth-order valence-corrected chi connectivity index (χ4v) is 5.34. The summed E-state index contributed by atoms with van der Waals surface area (Å²) in [6, 6.07) is 6.60. The summed E-state index contributed by atoms with van der Waals surface area (Å²) in [6.45, 7) is 9.69. The number of alkyl halides is 1. The monoisotopic (exact) mass is 555 g/mol. The number of likely N-dealkylation sites (tertiary alicyclic amines) is 1. The third-order valence-corrected chi connectivity index (χ3v) is 7.40. The first-order chi connectivity index (χ1) is 19.1. The zero-order valence-corrected chi connectivity index (χ0v) is 23.6. The van der Waals surface area contributed by atoms with Crippen LogP contribution in [0, 0.1) is 11.6 Å². The van der Waals surface area contributed by atoms with E-state index in [9.17, 15) is 8.78 Å². The second kappa shape index (κ2) is 11.6. The molecule has 0 N–H and O–H groups in total. The molecule has 3 aromatic rings. The highest BCUT2D eigenvalue weighted by Crippen LogP contribution is 2.41. The molecule has 5 rings (SSSR count). The number of benzene rings is 1. The number of rotatable bonds is 7. The Balaban J connectivity index is 1.45. The van der Waals surface area contributed by atoms with Crippen LogP contribution in [-0.4, -0.2) is 65.0 Å². The summed E-state index contributed by atoms with van der Waals surface area (Å²) < 4.78 is 55.4. The lowest BCUT2D eigenvalue weighted by Crippen LogP contribution is -2.42. The molecule has 0 aliphatic carbocycles. The number of hydrogen-bond donors (Lipinski definition) is 0. The summed E-state index contributed by atoms with van der Waals surface area (Å²) in [5.74, 6) is -0.319. The standard InChI is InChI=1S/C30H36F3N5O2/c1-17(2)38-16-26(33)40-29-23(31)12-20(13-25(29)38)28-24(32)15-34-27(36-28)14-21-6-7-22(30(35-21)39-18(3)4)19-8-10-37(5)11-9-19/h6-7,12-13,15,17-19,26H,8-11,14,16H2,1-5H3. The van der Waals surface area contributed by atoms with Gasteiger partial charge in [0.25, 0.3) is 6.36 Å². The molecule has 0 amide bonds. The van der Waals surface area contributed by atoms with E-state index in [4.69, 9.17) is 14.5 Å². The van der Waals surface area contributed by atoms with E-state index in [2.05, 4.69) is 28.0 Å². The van der Waals surface area contributed by atoms with Crippen LogP contribution in [0.1, 0.15) is 63.5 Å². The highest BCUT2D eigenvalue weighted by Gasteiger charge is 2.31. The van der Waals surface area contributed by atoms with Gasteiger partial charge in [-0.2, -0.15) is 4.39 Å². The van der Waals surface area contributed by atoms with Crippen LogP contribution in [0.15, 0.2) is 30.5 Å². The van der Waals surface area contributed by atoms with E-state index in [0.29, 0.717) is 29.0 Å². The van der Waals surface area contributed by atoms with E-state index < -0.39 is 18.0 Å². The number of pyridine rings is 1. The number of aromatic nitrogens is 3. The molecule has 0 radical (unpaired) electrons. The van der Waals surface area contributed by atoms with Gasteiger partial charge in [0.1, 0.15) is 11.5 Å². The summed E-state index contributed by atoms with van der Waals surface area (Å²) in [4.78, 5) is 17.5. The lowest BCUT2D eigenvalue weighted by Gasteiger charge is -2.36. The maximum Gasteiger partial charge on any atom is 0.256 e. The molecule has 0 saturated carbocycles. The molecule has 2 aromatic heterocycles. The van der Waals surface area contributed by atoms with Gasteiger partial charge in [-0.1, -0.05) is 6.07 Å². The Kier molecular flexibility index (Phi) is 8.16. The lowest BCUT2D eigenvalue weighted by atomic mass is 9.90. The quantitative estimate of drug-likeness (QED) is 0.359. The van der Waals surface area contributed by atoms with Gasteiger partial charge in [-0.05, 0) is 84.8 Å². The van der Waals surface area contributed by atoms with Crippen molar-refractivity contribution in [2.75, 3.05) is 31.6 Å². The Bertz CT molecular complexity index is 1360. The van der Waals surface area contributed by atoms with E-state index in [0.717, 1.165) is 43.8 Å². The Morgan fingerprint density at radius 1 is 1.05 bits per heavy atom. The molecule has 214 valence electrons. The van der Waals surface area contributed by atoms with Crippen molar-refractivity contribution in [1.29, 1.82) is 0 Å². The van der Waals surface area contributed by atoms with Crippen molar-refractivity contribution in [3.05, 3.63) is 59.2 Å². The molecule has 7 nitrogen and oxygen atoms in total. The number of halogens is 3. The van der Waals surface area contributed by atoms with Crippen molar-refractivity contribution in [1.82, 2.24) is 19.9 Å². The van der Waals surface area contributed by atoms with Gasteiger partial charge in [-0.3, -0.25) is 0 Å². The zero-order chi connectivity index (χ0) is 28.6. The van der Waals surface area contributed by atoms with Crippen molar-refractivity contribution in [2.24, 2.45) is 0 Å². The number of fused-ring (bicyclic) bond motifs is 1. The molecule has 10 heteroatoms. The van der Waals surface area contributed by atoms with Crippen LogP contribution in [0.3, 0.4) is 0 Å². The highest BCUT2D eigenvalue weighted by molar-refractivity contribution is 5.72. The van der Waals surface area contributed by atoms with Gasteiger partial charge in [-0.15, -0.1) is 0 Å². The summed E-state index contributed by atoms with van der Waals surface area (Å²) in [6.07, 6.45) is 1.72. The van der Waals surface area contributed by atoms with Gasteiger partial charge in [-0.25, -0.2) is 23.7 Å². The van der Waals surface area contributed by atoms with Crippen LogP contribution in [0.5, 0.6) is 11.6 Å². The van der Waals surface area contributed by atoms with E-state index in [-0.39, 0.29) is 42.1 Å². The molecule has 0 spiro atoms. The summed E-state index contributed by atoms with van der Waals surface area (Å²) in [5.41, 5.74) is 2.33. The average molecular weight is 556 g/mol. The third-order valence-electron chi connectivity index (χ3n) is 7.40. The zero-order valence-electron chi connectivity index (χ0n) is 23.6. The van der Waals surface area contributed by atoms with Crippen molar-refractivity contribution < 1.29 is 22.6 Å². The van der Waals surface area contributed by atoms with Gasteiger partial charge >= 0.3 is 0 Å². The van der Waals surface area contributed by atoms with Gasteiger partial charge < -0.3 is 19.3 Å². The molecule has 2 aliphatic heterocycles. The minimum atomic E-state index is -1.65. The maximum absolute atomic E-state index is 15.1. The fourth-order valence-electron chi connectivity index (χ4n) is 5.34. The Labute approximate surface area is 233 Å². The van der Waals surface area contributed by atoms with E-state index in [1.165, 1.54) is 0 Å². The lowest BCUT2D eigenvalue weighted by molar-refractivity contribution is 0.0591. The highest BCUT2D eigenvalue weighted by atomic mass is 19.1. The first kappa shape index (κ1) is 28.1. The molecular weight excluding hydrogens is 519 g/mol. The van der Waals surface area contributed by atoms with Crippen LogP contribution in [0.4, 0.5) is 18.9 Å². The topological polar surface area (TPSA) is 63.6 Å². The second-order valence-electron chi connectivity index (χ2n) is 11.2. The van der Waals surface area contributed by atoms with Crippen molar-refractivity contribution in [3.8, 4) is 22.9 Å². The average Bonchev–Trinajstić information content (AvgIpc) is 2.90. The van der Waals surface area contributed by atoms with Crippen molar-refractivity contribution in [2.45, 2.75) is 71.4 Å². The van der Waals surface area contributed by atoms with Gasteiger partial charge in [0, 0.05) is 17.2 Å². The van der Waals surface area contributed by atoms with Crippen LogP contribution >= 0.6 is 0 Å². The van der Waals surface area contributed by atoms with E-state index in [1.54, 1.807) is 11.0 Å². The normalized spacial score (nSPS) is 18.2.